The molecule has 35 heavy (non-hydrogen) atoms. The normalized spacial score (nSPS) is 20.8. The Kier molecular flexibility index (Phi) is 7.64. The van der Waals surface area contributed by atoms with Gasteiger partial charge in [-0.25, -0.2) is 9.69 Å². The van der Waals surface area contributed by atoms with E-state index in [1.165, 1.54) is 12.0 Å². The highest BCUT2D eigenvalue weighted by Crippen LogP contribution is 2.32. The minimum atomic E-state index is -1.01. The van der Waals surface area contributed by atoms with Gasteiger partial charge in [-0.05, 0) is 43.0 Å². The SMILES string of the molecule is COCCOC(=O)OCN1C(=O)CCC(N2Cc3cc(N4CCC(C=O)CC4)ccc3C2=O)C1=O. The summed E-state index contributed by atoms with van der Waals surface area (Å²) < 4.78 is 14.5. The van der Waals surface area contributed by atoms with E-state index in [1.807, 2.05) is 12.1 Å². The summed E-state index contributed by atoms with van der Waals surface area (Å²) in [4.78, 5) is 65.8. The van der Waals surface area contributed by atoms with Gasteiger partial charge in [0.2, 0.25) is 5.91 Å². The van der Waals surface area contributed by atoms with Crippen molar-refractivity contribution in [1.29, 1.82) is 0 Å². The van der Waals surface area contributed by atoms with E-state index in [0.29, 0.717) is 5.56 Å². The summed E-state index contributed by atoms with van der Waals surface area (Å²) in [5.41, 5.74) is 2.33. The Labute approximate surface area is 202 Å². The van der Waals surface area contributed by atoms with Crippen LogP contribution >= 0.6 is 0 Å². The molecule has 0 aliphatic carbocycles. The maximum Gasteiger partial charge on any atom is 0.510 e. The van der Waals surface area contributed by atoms with Crippen LogP contribution < -0.4 is 4.90 Å². The Hall–Kier alpha value is -3.47. The highest BCUT2D eigenvalue weighted by atomic mass is 16.7. The van der Waals surface area contributed by atoms with Crippen molar-refractivity contribution in [2.75, 3.05) is 45.0 Å². The number of amides is 3. The van der Waals surface area contributed by atoms with Crippen LogP contribution in [0.2, 0.25) is 0 Å². The summed E-state index contributed by atoms with van der Waals surface area (Å²) in [5, 5.41) is 0. The molecule has 1 unspecified atom stereocenters. The molecule has 188 valence electrons. The number of likely N-dealkylation sites (tertiary alicyclic amines) is 1. The number of benzene rings is 1. The second-order valence-corrected chi connectivity index (χ2v) is 8.81. The molecular weight excluding hydrogens is 458 g/mol. The van der Waals surface area contributed by atoms with Crippen LogP contribution in [0.5, 0.6) is 0 Å². The fourth-order valence-electron chi connectivity index (χ4n) is 4.69. The van der Waals surface area contributed by atoms with Crippen molar-refractivity contribution in [3.63, 3.8) is 0 Å². The Morgan fingerprint density at radius 3 is 2.57 bits per heavy atom. The van der Waals surface area contributed by atoms with Crippen LogP contribution in [0.1, 0.15) is 41.6 Å². The van der Waals surface area contributed by atoms with Crippen molar-refractivity contribution < 1.29 is 38.2 Å². The number of nitrogens with zero attached hydrogens (tertiary/aromatic N) is 3. The van der Waals surface area contributed by atoms with E-state index in [-0.39, 0.29) is 44.4 Å². The molecule has 1 atom stereocenters. The van der Waals surface area contributed by atoms with Crippen LogP contribution in [0.3, 0.4) is 0 Å². The van der Waals surface area contributed by atoms with Gasteiger partial charge in [-0.1, -0.05) is 0 Å². The van der Waals surface area contributed by atoms with Crippen molar-refractivity contribution in [2.45, 2.75) is 38.3 Å². The van der Waals surface area contributed by atoms with E-state index in [1.54, 1.807) is 6.07 Å². The molecule has 2 fully saturated rings. The minimum absolute atomic E-state index is 0.0164. The van der Waals surface area contributed by atoms with Crippen molar-refractivity contribution in [3.8, 4) is 0 Å². The first-order valence-corrected chi connectivity index (χ1v) is 11.7. The lowest BCUT2D eigenvalue weighted by molar-refractivity contribution is -0.157. The number of hydrogen-bond donors (Lipinski definition) is 0. The van der Waals surface area contributed by atoms with Gasteiger partial charge in [0, 0.05) is 50.3 Å². The molecule has 1 aromatic carbocycles. The molecule has 11 heteroatoms. The maximum absolute atomic E-state index is 13.1. The summed E-state index contributed by atoms with van der Waals surface area (Å²) in [6, 6.07) is 4.80. The van der Waals surface area contributed by atoms with Gasteiger partial charge in [-0.2, -0.15) is 0 Å². The van der Waals surface area contributed by atoms with E-state index in [2.05, 4.69) is 4.90 Å². The maximum atomic E-state index is 13.1. The molecule has 0 saturated carbocycles. The summed E-state index contributed by atoms with van der Waals surface area (Å²) >= 11 is 0. The van der Waals surface area contributed by atoms with E-state index >= 15 is 0 Å². The molecule has 0 spiro atoms. The number of carbonyl (C=O) groups is 5. The zero-order valence-electron chi connectivity index (χ0n) is 19.6. The first-order chi connectivity index (χ1) is 16.9. The van der Waals surface area contributed by atoms with E-state index < -0.39 is 30.7 Å². The number of anilines is 1. The lowest BCUT2D eigenvalue weighted by Crippen LogP contribution is -2.55. The van der Waals surface area contributed by atoms with Gasteiger partial charge < -0.3 is 28.8 Å². The molecule has 3 amide bonds. The molecule has 0 aromatic heterocycles. The summed E-state index contributed by atoms with van der Waals surface area (Å²) in [6.07, 6.45) is 1.86. The Morgan fingerprint density at radius 1 is 1.09 bits per heavy atom. The third-order valence-electron chi connectivity index (χ3n) is 6.70. The van der Waals surface area contributed by atoms with Crippen molar-refractivity contribution >= 4 is 35.9 Å². The molecule has 0 N–H and O–H groups in total. The monoisotopic (exact) mass is 487 g/mol. The number of aldehydes is 1. The molecule has 0 bridgehead atoms. The predicted molar refractivity (Wildman–Crippen MR) is 121 cm³/mol. The quantitative estimate of drug-likeness (QED) is 0.231. The highest BCUT2D eigenvalue weighted by Gasteiger charge is 2.43. The van der Waals surface area contributed by atoms with Crippen LogP contribution in [0, 0.1) is 5.92 Å². The molecule has 4 rings (SSSR count). The van der Waals surface area contributed by atoms with Crippen LogP contribution in [0.4, 0.5) is 10.5 Å². The highest BCUT2D eigenvalue weighted by molar-refractivity contribution is 6.05. The molecule has 0 radical (unpaired) electrons. The number of carbonyl (C=O) groups excluding carboxylic acids is 5. The largest absolute Gasteiger partial charge is 0.510 e. The van der Waals surface area contributed by atoms with E-state index in [9.17, 15) is 24.0 Å². The van der Waals surface area contributed by atoms with Gasteiger partial charge in [0.1, 0.15) is 18.9 Å². The second-order valence-electron chi connectivity index (χ2n) is 8.81. The van der Waals surface area contributed by atoms with Gasteiger partial charge >= 0.3 is 6.16 Å². The number of hydrogen-bond acceptors (Lipinski definition) is 9. The van der Waals surface area contributed by atoms with Crippen LogP contribution in [-0.4, -0.2) is 86.1 Å². The molecule has 3 aliphatic rings. The number of rotatable bonds is 8. The van der Waals surface area contributed by atoms with Gasteiger partial charge in [-0.3, -0.25) is 14.4 Å². The third kappa shape index (κ3) is 5.29. The molecule has 3 aliphatic heterocycles. The van der Waals surface area contributed by atoms with E-state index in [4.69, 9.17) is 14.2 Å². The zero-order chi connectivity index (χ0) is 24.9. The van der Waals surface area contributed by atoms with E-state index in [0.717, 1.165) is 48.4 Å². The van der Waals surface area contributed by atoms with Crippen molar-refractivity contribution in [2.24, 2.45) is 5.92 Å². The number of methoxy groups -OCH3 is 1. The standard InChI is InChI=1S/C24H29N3O8/c1-33-10-11-34-24(32)35-15-27-21(29)5-4-20(23(27)31)26-13-17-12-18(2-3-19(17)22(26)30)25-8-6-16(14-28)7-9-25/h2-3,12,14,16,20H,4-11,13,15H2,1H3. The minimum Gasteiger partial charge on any atom is -0.432 e. The van der Waals surface area contributed by atoms with Crippen LogP contribution in [0.15, 0.2) is 18.2 Å². The molecule has 2 saturated heterocycles. The molecule has 11 nitrogen and oxygen atoms in total. The first kappa shape index (κ1) is 24.6. The first-order valence-electron chi connectivity index (χ1n) is 11.7. The third-order valence-corrected chi connectivity index (χ3v) is 6.70. The van der Waals surface area contributed by atoms with Crippen molar-refractivity contribution in [1.82, 2.24) is 9.80 Å². The lowest BCUT2D eigenvalue weighted by atomic mass is 9.97. The number of ether oxygens (including phenoxy) is 3. The Morgan fingerprint density at radius 2 is 1.86 bits per heavy atom. The summed E-state index contributed by atoms with van der Waals surface area (Å²) in [7, 11) is 1.45. The molecular formula is C24H29N3O8. The number of piperidine rings is 2. The summed E-state index contributed by atoms with van der Waals surface area (Å²) in [5.74, 6) is -1.22. The summed E-state index contributed by atoms with van der Waals surface area (Å²) in [6.45, 7) is 1.39. The number of fused-ring (bicyclic) bond motifs is 1. The van der Waals surface area contributed by atoms with Crippen molar-refractivity contribution in [3.05, 3.63) is 29.3 Å². The van der Waals surface area contributed by atoms with Gasteiger partial charge in [0.15, 0.2) is 6.73 Å². The predicted octanol–water partition coefficient (Wildman–Crippen LogP) is 1.33. The van der Waals surface area contributed by atoms with Gasteiger partial charge in [0.05, 0.1) is 6.61 Å². The lowest BCUT2D eigenvalue weighted by Gasteiger charge is -2.34. The Balaban J connectivity index is 1.40. The average molecular weight is 488 g/mol. The molecule has 1 aromatic rings. The molecule has 3 heterocycles. The average Bonchev–Trinajstić information content (AvgIpc) is 3.19. The van der Waals surface area contributed by atoms with Crippen LogP contribution in [-0.2, 0) is 35.1 Å². The fourth-order valence-corrected chi connectivity index (χ4v) is 4.69. The number of imide groups is 1. The topological polar surface area (TPSA) is 123 Å². The van der Waals surface area contributed by atoms with Crippen LogP contribution in [0.25, 0.3) is 0 Å². The van der Waals surface area contributed by atoms with Gasteiger partial charge in [0.25, 0.3) is 11.8 Å². The fraction of sp³-hybridized carbons (Fsp3) is 0.542. The Bertz CT molecular complexity index is 1000. The smallest absolute Gasteiger partial charge is 0.432 e. The second kappa shape index (κ2) is 10.9. The van der Waals surface area contributed by atoms with Gasteiger partial charge in [-0.15, -0.1) is 0 Å². The zero-order valence-corrected chi connectivity index (χ0v) is 19.6.